The van der Waals surface area contributed by atoms with Crippen molar-refractivity contribution < 1.29 is 14.4 Å². The van der Waals surface area contributed by atoms with Crippen LogP contribution in [0.5, 0.6) is 0 Å². The van der Waals surface area contributed by atoms with Crippen LogP contribution in [0.25, 0.3) is 10.8 Å². The van der Waals surface area contributed by atoms with Crippen LogP contribution in [0, 0.1) is 0 Å². The molecule has 7 heteroatoms. The van der Waals surface area contributed by atoms with Gasteiger partial charge in [0.05, 0.1) is 6.33 Å². The van der Waals surface area contributed by atoms with Crippen molar-refractivity contribution in [1.82, 2.24) is 19.8 Å². The number of benzene rings is 2. The number of nitrogens with one attached hydrogen (secondary N) is 1. The van der Waals surface area contributed by atoms with E-state index < -0.39 is 0 Å². The minimum atomic E-state index is -0.292. The third-order valence-corrected chi connectivity index (χ3v) is 5.12. The van der Waals surface area contributed by atoms with Crippen molar-refractivity contribution in [3.05, 3.63) is 66.2 Å². The fourth-order valence-electron chi connectivity index (χ4n) is 3.68. The predicted octanol–water partition coefficient (Wildman–Crippen LogP) is 2.62. The van der Waals surface area contributed by atoms with Crippen molar-refractivity contribution in [3.8, 4) is 0 Å². The third kappa shape index (κ3) is 3.89. The number of nitrogens with zero attached hydrogens (tertiary/aromatic N) is 3. The molecule has 0 fully saturated rings. The van der Waals surface area contributed by atoms with Crippen molar-refractivity contribution >= 4 is 28.5 Å². The van der Waals surface area contributed by atoms with Gasteiger partial charge in [0.25, 0.3) is 11.8 Å². The molecule has 148 valence electrons. The summed E-state index contributed by atoms with van der Waals surface area (Å²) in [6.45, 7) is 1.60. The van der Waals surface area contributed by atoms with Gasteiger partial charge in [0.1, 0.15) is 0 Å². The van der Waals surface area contributed by atoms with E-state index in [1.165, 1.54) is 4.90 Å². The molecule has 4 rings (SSSR count). The maximum Gasteiger partial charge on any atom is 0.261 e. The maximum atomic E-state index is 12.8. The van der Waals surface area contributed by atoms with E-state index in [2.05, 4.69) is 10.3 Å². The number of carbonyl (C=O) groups is 3. The second-order valence-electron chi connectivity index (χ2n) is 7.08. The van der Waals surface area contributed by atoms with Crippen molar-refractivity contribution in [2.75, 3.05) is 13.1 Å². The maximum absolute atomic E-state index is 12.8. The van der Waals surface area contributed by atoms with Gasteiger partial charge in [-0.25, -0.2) is 4.98 Å². The summed E-state index contributed by atoms with van der Waals surface area (Å²) in [6, 6.07) is 10.9. The van der Waals surface area contributed by atoms with Crippen molar-refractivity contribution in [1.29, 1.82) is 0 Å². The van der Waals surface area contributed by atoms with Crippen LogP contribution in [-0.2, 0) is 11.3 Å². The van der Waals surface area contributed by atoms with E-state index in [1.807, 2.05) is 35.0 Å². The summed E-state index contributed by atoms with van der Waals surface area (Å²) in [7, 11) is 0. The topological polar surface area (TPSA) is 84.3 Å². The molecule has 0 saturated heterocycles. The number of aryl methyl sites for hydroxylation is 1. The Hall–Kier alpha value is -3.48. The number of rotatable bonds is 8. The normalized spacial score (nSPS) is 13.2. The molecule has 2 heterocycles. The Bertz CT molecular complexity index is 1010. The van der Waals surface area contributed by atoms with Crippen LogP contribution in [0.2, 0.25) is 0 Å². The molecule has 7 nitrogen and oxygen atoms in total. The van der Waals surface area contributed by atoms with Crippen LogP contribution in [0.1, 0.15) is 40.0 Å². The lowest BCUT2D eigenvalue weighted by Crippen LogP contribution is -2.41. The molecule has 0 aliphatic carbocycles. The van der Waals surface area contributed by atoms with Crippen LogP contribution in [-0.4, -0.2) is 45.3 Å². The number of amides is 3. The van der Waals surface area contributed by atoms with Gasteiger partial charge in [-0.1, -0.05) is 24.3 Å². The predicted molar refractivity (Wildman–Crippen MR) is 108 cm³/mol. The molecule has 0 spiro atoms. The quantitative estimate of drug-likeness (QED) is 0.473. The number of aromatic nitrogens is 2. The largest absolute Gasteiger partial charge is 0.356 e. The third-order valence-electron chi connectivity index (χ3n) is 5.12. The molecule has 1 aliphatic rings. The lowest BCUT2D eigenvalue weighted by atomic mass is 9.94. The lowest BCUT2D eigenvalue weighted by Gasteiger charge is -2.27. The molecule has 0 atom stereocenters. The fourth-order valence-corrected chi connectivity index (χ4v) is 3.68. The molecule has 3 amide bonds. The number of carbonyl (C=O) groups excluding carboxylic acids is 3. The van der Waals surface area contributed by atoms with Crippen LogP contribution >= 0.6 is 0 Å². The summed E-state index contributed by atoms with van der Waals surface area (Å²) >= 11 is 0. The number of hydrogen-bond donors (Lipinski definition) is 1. The molecule has 2 aromatic carbocycles. The Morgan fingerprint density at radius 2 is 1.69 bits per heavy atom. The van der Waals surface area contributed by atoms with E-state index in [4.69, 9.17) is 0 Å². The van der Waals surface area contributed by atoms with E-state index in [-0.39, 0.29) is 30.7 Å². The Morgan fingerprint density at radius 1 is 0.966 bits per heavy atom. The van der Waals surface area contributed by atoms with E-state index in [1.54, 1.807) is 24.7 Å². The zero-order valence-electron chi connectivity index (χ0n) is 16.0. The first kappa shape index (κ1) is 18.9. The second kappa shape index (κ2) is 8.26. The van der Waals surface area contributed by atoms with E-state index >= 15 is 0 Å². The second-order valence-corrected chi connectivity index (χ2v) is 7.08. The molecular weight excluding hydrogens is 368 g/mol. The monoisotopic (exact) mass is 390 g/mol. The smallest absolute Gasteiger partial charge is 0.261 e. The Kier molecular flexibility index (Phi) is 5.37. The molecule has 1 aromatic heterocycles. The van der Waals surface area contributed by atoms with Gasteiger partial charge in [-0.3, -0.25) is 19.3 Å². The molecule has 1 aliphatic heterocycles. The first-order valence-electron chi connectivity index (χ1n) is 9.75. The zero-order chi connectivity index (χ0) is 20.2. The molecule has 29 heavy (non-hydrogen) atoms. The summed E-state index contributed by atoms with van der Waals surface area (Å²) in [4.78, 5) is 42.9. The average Bonchev–Trinajstić information content (AvgIpc) is 3.25. The van der Waals surface area contributed by atoms with Gasteiger partial charge in [0, 0.05) is 55.0 Å². The highest BCUT2D eigenvalue weighted by Gasteiger charge is 2.32. The van der Waals surface area contributed by atoms with Crippen LogP contribution < -0.4 is 5.32 Å². The minimum Gasteiger partial charge on any atom is -0.356 e. The summed E-state index contributed by atoms with van der Waals surface area (Å²) in [5.74, 6) is -0.657. The van der Waals surface area contributed by atoms with Crippen LogP contribution in [0.3, 0.4) is 0 Å². The highest BCUT2D eigenvalue weighted by molar-refractivity contribution is 6.25. The number of hydrogen-bond acceptors (Lipinski definition) is 4. The fraction of sp³-hybridized carbons (Fsp3) is 0.273. The van der Waals surface area contributed by atoms with Crippen molar-refractivity contribution in [3.63, 3.8) is 0 Å². The summed E-state index contributed by atoms with van der Waals surface area (Å²) in [6.07, 6.45) is 6.86. The Morgan fingerprint density at radius 3 is 2.34 bits per heavy atom. The average molecular weight is 390 g/mol. The molecule has 0 saturated carbocycles. The lowest BCUT2D eigenvalue weighted by molar-refractivity contribution is -0.121. The molecule has 0 radical (unpaired) electrons. The summed E-state index contributed by atoms with van der Waals surface area (Å²) < 4.78 is 1.96. The molecular formula is C22H22N4O3. The first-order chi connectivity index (χ1) is 14.1. The Labute approximate surface area is 168 Å². The van der Waals surface area contributed by atoms with Gasteiger partial charge in [0.2, 0.25) is 5.91 Å². The first-order valence-corrected chi connectivity index (χ1v) is 9.75. The van der Waals surface area contributed by atoms with Gasteiger partial charge >= 0.3 is 0 Å². The highest BCUT2D eigenvalue weighted by Crippen LogP contribution is 2.29. The molecule has 0 bridgehead atoms. The van der Waals surface area contributed by atoms with Crippen molar-refractivity contribution in [2.45, 2.75) is 25.8 Å². The molecule has 0 unspecified atom stereocenters. The van der Waals surface area contributed by atoms with Gasteiger partial charge in [0.15, 0.2) is 0 Å². The number of imidazole rings is 1. The van der Waals surface area contributed by atoms with Gasteiger partial charge in [-0.05, 0) is 30.4 Å². The van der Waals surface area contributed by atoms with E-state index in [0.29, 0.717) is 24.1 Å². The van der Waals surface area contributed by atoms with Crippen molar-refractivity contribution in [2.24, 2.45) is 0 Å². The number of imide groups is 1. The van der Waals surface area contributed by atoms with Crippen LogP contribution in [0.4, 0.5) is 0 Å². The molecule has 3 aromatic rings. The standard InChI is InChI=1S/C22H22N4O3/c27-19(24-10-4-12-25-14-11-23-15-25)9-3-13-26-21(28)17-7-1-5-16-6-2-8-18(20(16)17)22(26)29/h1-2,5-8,11,14-15H,3-4,9-10,12-13H2,(H,24,27). The van der Waals surface area contributed by atoms with Gasteiger partial charge in [-0.2, -0.15) is 0 Å². The Balaban J connectivity index is 1.29. The zero-order valence-corrected chi connectivity index (χ0v) is 16.0. The minimum absolute atomic E-state index is 0.0740. The SMILES string of the molecule is O=C(CCCN1C(=O)c2cccc3cccc(c23)C1=O)NCCCn1ccnc1. The van der Waals surface area contributed by atoms with Gasteiger partial charge < -0.3 is 9.88 Å². The van der Waals surface area contributed by atoms with Crippen LogP contribution in [0.15, 0.2) is 55.1 Å². The van der Waals surface area contributed by atoms with E-state index in [9.17, 15) is 14.4 Å². The summed E-state index contributed by atoms with van der Waals surface area (Å²) in [5.41, 5.74) is 1.09. The highest BCUT2D eigenvalue weighted by atomic mass is 16.2. The van der Waals surface area contributed by atoms with E-state index in [0.717, 1.165) is 23.7 Å². The molecule has 1 N–H and O–H groups in total. The van der Waals surface area contributed by atoms with Gasteiger partial charge in [-0.15, -0.1) is 0 Å². The summed E-state index contributed by atoms with van der Waals surface area (Å²) in [5, 5.41) is 4.48.